The molecule has 110 valence electrons. The lowest BCUT2D eigenvalue weighted by Gasteiger charge is -2.22. The van der Waals surface area contributed by atoms with Gasteiger partial charge in [-0.15, -0.1) is 0 Å². The predicted molar refractivity (Wildman–Crippen MR) is 82.2 cm³/mol. The minimum atomic E-state index is -0.245. The standard InChI is InChI=1S/C15H17ClN4O/c1-20(2)10-14(11-3-5-12(16)6-4-11)19-15(21)13-9-17-7-8-18-13/h3-9,14H,10H2,1-2H3,(H,19,21). The number of rotatable bonds is 5. The molecule has 0 bridgehead atoms. The lowest BCUT2D eigenvalue weighted by molar-refractivity contribution is 0.0924. The second-order valence-corrected chi connectivity index (χ2v) is 5.37. The van der Waals surface area contributed by atoms with Gasteiger partial charge < -0.3 is 10.2 Å². The Morgan fingerprint density at radius 3 is 2.57 bits per heavy atom. The van der Waals surface area contributed by atoms with E-state index in [0.717, 1.165) is 5.56 Å². The van der Waals surface area contributed by atoms with Crippen LogP contribution in [0.25, 0.3) is 0 Å². The number of halogens is 1. The van der Waals surface area contributed by atoms with Crippen molar-refractivity contribution in [3.05, 3.63) is 59.1 Å². The Morgan fingerprint density at radius 1 is 1.29 bits per heavy atom. The molecule has 0 aliphatic rings. The zero-order chi connectivity index (χ0) is 15.2. The van der Waals surface area contributed by atoms with Crippen molar-refractivity contribution in [2.24, 2.45) is 0 Å². The van der Waals surface area contributed by atoms with Gasteiger partial charge in [0, 0.05) is 24.0 Å². The van der Waals surface area contributed by atoms with Gasteiger partial charge in [0.25, 0.3) is 5.91 Å². The maximum atomic E-state index is 12.2. The van der Waals surface area contributed by atoms with Crippen LogP contribution in [0, 0.1) is 0 Å². The highest BCUT2D eigenvalue weighted by Crippen LogP contribution is 2.17. The topological polar surface area (TPSA) is 58.1 Å². The number of hydrogen-bond acceptors (Lipinski definition) is 4. The molecule has 1 unspecified atom stereocenters. The lowest BCUT2D eigenvalue weighted by Crippen LogP contribution is -2.35. The first-order valence-corrected chi connectivity index (χ1v) is 6.91. The van der Waals surface area contributed by atoms with Crippen molar-refractivity contribution < 1.29 is 4.79 Å². The number of aromatic nitrogens is 2. The minimum Gasteiger partial charge on any atom is -0.343 e. The van der Waals surface area contributed by atoms with E-state index in [0.29, 0.717) is 17.3 Å². The highest BCUT2D eigenvalue weighted by atomic mass is 35.5. The summed E-state index contributed by atoms with van der Waals surface area (Å²) in [5.41, 5.74) is 1.29. The summed E-state index contributed by atoms with van der Waals surface area (Å²) < 4.78 is 0. The average molecular weight is 305 g/mol. The summed E-state index contributed by atoms with van der Waals surface area (Å²) >= 11 is 5.91. The van der Waals surface area contributed by atoms with E-state index in [2.05, 4.69) is 15.3 Å². The Bertz CT molecular complexity index is 586. The van der Waals surface area contributed by atoms with Gasteiger partial charge in [-0.1, -0.05) is 23.7 Å². The van der Waals surface area contributed by atoms with Crippen molar-refractivity contribution in [1.82, 2.24) is 20.2 Å². The fraction of sp³-hybridized carbons (Fsp3) is 0.267. The third-order valence-corrected chi connectivity index (χ3v) is 3.17. The number of nitrogens with one attached hydrogen (secondary N) is 1. The van der Waals surface area contributed by atoms with Gasteiger partial charge in [-0.25, -0.2) is 4.98 Å². The van der Waals surface area contributed by atoms with E-state index >= 15 is 0 Å². The Labute approximate surface area is 129 Å². The van der Waals surface area contributed by atoms with Gasteiger partial charge in [-0.3, -0.25) is 9.78 Å². The van der Waals surface area contributed by atoms with Crippen molar-refractivity contribution in [3.8, 4) is 0 Å². The van der Waals surface area contributed by atoms with Crippen molar-refractivity contribution in [2.45, 2.75) is 6.04 Å². The summed E-state index contributed by atoms with van der Waals surface area (Å²) in [5.74, 6) is -0.245. The molecule has 2 aromatic rings. The summed E-state index contributed by atoms with van der Waals surface area (Å²) in [7, 11) is 3.91. The summed E-state index contributed by atoms with van der Waals surface area (Å²) in [6.45, 7) is 0.674. The first kappa shape index (κ1) is 15.4. The van der Waals surface area contributed by atoms with Gasteiger partial charge in [0.15, 0.2) is 0 Å². The Balaban J connectivity index is 2.17. The molecule has 1 amide bonds. The number of likely N-dealkylation sites (N-methyl/N-ethyl adjacent to an activating group) is 1. The predicted octanol–water partition coefficient (Wildman–Crippen LogP) is 2.16. The van der Waals surface area contributed by atoms with E-state index in [-0.39, 0.29) is 11.9 Å². The molecule has 1 aromatic carbocycles. The molecule has 1 atom stereocenters. The normalized spacial score (nSPS) is 12.2. The highest BCUT2D eigenvalue weighted by Gasteiger charge is 2.17. The van der Waals surface area contributed by atoms with E-state index in [4.69, 9.17) is 11.6 Å². The third kappa shape index (κ3) is 4.51. The molecule has 21 heavy (non-hydrogen) atoms. The van der Waals surface area contributed by atoms with Crippen LogP contribution in [0.3, 0.4) is 0 Å². The SMILES string of the molecule is CN(C)CC(NC(=O)c1cnccn1)c1ccc(Cl)cc1. The molecule has 2 rings (SSSR count). The lowest BCUT2D eigenvalue weighted by atomic mass is 10.1. The maximum absolute atomic E-state index is 12.2. The molecule has 0 fully saturated rings. The molecular weight excluding hydrogens is 288 g/mol. The van der Waals surface area contributed by atoms with E-state index in [1.165, 1.54) is 18.6 Å². The first-order chi connectivity index (χ1) is 10.1. The molecular formula is C15H17ClN4O. The van der Waals surface area contributed by atoms with Crippen LogP contribution in [0.2, 0.25) is 5.02 Å². The summed E-state index contributed by atoms with van der Waals surface area (Å²) in [6.07, 6.45) is 4.48. The number of benzene rings is 1. The van der Waals surface area contributed by atoms with Crippen LogP contribution in [-0.4, -0.2) is 41.4 Å². The van der Waals surface area contributed by atoms with Crippen LogP contribution in [0.1, 0.15) is 22.1 Å². The number of amides is 1. The molecule has 0 saturated carbocycles. The highest BCUT2D eigenvalue weighted by molar-refractivity contribution is 6.30. The fourth-order valence-corrected chi connectivity index (χ4v) is 2.07. The van der Waals surface area contributed by atoms with Crippen LogP contribution in [0.15, 0.2) is 42.9 Å². The molecule has 1 N–H and O–H groups in total. The van der Waals surface area contributed by atoms with Gasteiger partial charge in [0.2, 0.25) is 0 Å². The minimum absolute atomic E-state index is 0.147. The maximum Gasteiger partial charge on any atom is 0.272 e. The number of carbonyl (C=O) groups excluding carboxylic acids is 1. The van der Waals surface area contributed by atoms with Crippen molar-refractivity contribution in [1.29, 1.82) is 0 Å². The molecule has 5 nitrogen and oxygen atoms in total. The Kier molecular flexibility index (Phi) is 5.25. The Morgan fingerprint density at radius 2 is 2.00 bits per heavy atom. The van der Waals surface area contributed by atoms with Gasteiger partial charge in [0.05, 0.1) is 12.2 Å². The fourth-order valence-electron chi connectivity index (χ4n) is 1.94. The molecule has 0 aliphatic heterocycles. The molecule has 0 saturated heterocycles. The average Bonchev–Trinajstić information content (AvgIpc) is 2.48. The van der Waals surface area contributed by atoms with Gasteiger partial charge in [0.1, 0.15) is 5.69 Å². The van der Waals surface area contributed by atoms with Crippen LogP contribution in [-0.2, 0) is 0 Å². The van der Waals surface area contributed by atoms with E-state index in [9.17, 15) is 4.79 Å². The van der Waals surface area contributed by atoms with E-state index < -0.39 is 0 Å². The van der Waals surface area contributed by atoms with Crippen molar-refractivity contribution in [2.75, 3.05) is 20.6 Å². The van der Waals surface area contributed by atoms with Crippen LogP contribution < -0.4 is 5.32 Å². The summed E-state index contributed by atoms with van der Waals surface area (Å²) in [4.78, 5) is 22.1. The molecule has 0 radical (unpaired) electrons. The smallest absolute Gasteiger partial charge is 0.272 e. The quantitative estimate of drug-likeness (QED) is 0.919. The van der Waals surface area contributed by atoms with Gasteiger partial charge in [-0.2, -0.15) is 0 Å². The monoisotopic (exact) mass is 304 g/mol. The van der Waals surface area contributed by atoms with Gasteiger partial charge in [-0.05, 0) is 31.8 Å². The van der Waals surface area contributed by atoms with Crippen LogP contribution in [0.5, 0.6) is 0 Å². The molecule has 6 heteroatoms. The molecule has 1 aromatic heterocycles. The molecule has 0 spiro atoms. The number of carbonyl (C=O) groups is 1. The van der Waals surface area contributed by atoms with Crippen molar-refractivity contribution >= 4 is 17.5 Å². The zero-order valence-electron chi connectivity index (χ0n) is 12.0. The second kappa shape index (κ2) is 7.15. The number of hydrogen-bond donors (Lipinski definition) is 1. The molecule has 0 aliphatic carbocycles. The first-order valence-electron chi connectivity index (χ1n) is 6.53. The number of nitrogens with zero attached hydrogens (tertiary/aromatic N) is 3. The summed E-state index contributed by atoms with van der Waals surface area (Å²) in [6, 6.07) is 7.30. The van der Waals surface area contributed by atoms with Crippen LogP contribution >= 0.6 is 11.6 Å². The third-order valence-electron chi connectivity index (χ3n) is 2.92. The van der Waals surface area contributed by atoms with E-state index in [1.807, 2.05) is 43.3 Å². The van der Waals surface area contributed by atoms with Crippen molar-refractivity contribution in [3.63, 3.8) is 0 Å². The Hall–Kier alpha value is -1.98. The largest absolute Gasteiger partial charge is 0.343 e. The summed E-state index contributed by atoms with van der Waals surface area (Å²) in [5, 5.41) is 3.64. The van der Waals surface area contributed by atoms with Gasteiger partial charge >= 0.3 is 0 Å². The van der Waals surface area contributed by atoms with E-state index in [1.54, 1.807) is 0 Å². The van der Waals surface area contributed by atoms with Crippen LogP contribution in [0.4, 0.5) is 0 Å². The molecule has 1 heterocycles. The second-order valence-electron chi connectivity index (χ2n) is 4.93. The zero-order valence-corrected chi connectivity index (χ0v) is 12.7.